The fourth-order valence-corrected chi connectivity index (χ4v) is 6.08. The topological polar surface area (TPSA) is 84.9 Å². The first kappa shape index (κ1) is 23.0. The summed E-state index contributed by atoms with van der Waals surface area (Å²) in [7, 11) is -2.21. The monoisotopic (exact) mass is 478 g/mol. The molecule has 1 N–H and O–H groups in total. The molecule has 1 saturated carbocycles. The van der Waals surface area contributed by atoms with Gasteiger partial charge < -0.3 is 14.8 Å². The molecule has 4 rings (SSSR count). The van der Waals surface area contributed by atoms with Gasteiger partial charge in [-0.1, -0.05) is 36.6 Å². The fraction of sp³-hybridized carbons (Fsp3) is 0.435. The summed E-state index contributed by atoms with van der Waals surface area (Å²) in [4.78, 5) is 13.7. The van der Waals surface area contributed by atoms with Gasteiger partial charge in [-0.15, -0.1) is 0 Å². The lowest BCUT2D eigenvalue weighted by Crippen LogP contribution is -2.40. The molecule has 1 saturated heterocycles. The number of rotatable bonds is 6. The molecule has 2 aromatic carbocycles. The number of halogens is 1. The fourth-order valence-electron chi connectivity index (χ4n) is 4.52. The predicted molar refractivity (Wildman–Crippen MR) is 123 cm³/mol. The molecule has 1 amide bonds. The van der Waals surface area contributed by atoms with Crippen LogP contribution < -0.4 is 10.1 Å². The van der Waals surface area contributed by atoms with Crippen molar-refractivity contribution in [1.29, 1.82) is 0 Å². The van der Waals surface area contributed by atoms with Gasteiger partial charge in [0.05, 0.1) is 36.3 Å². The number of sulfonamides is 1. The smallest absolute Gasteiger partial charge is 0.243 e. The Labute approximate surface area is 193 Å². The van der Waals surface area contributed by atoms with Gasteiger partial charge in [0, 0.05) is 18.1 Å². The molecule has 1 aliphatic carbocycles. The number of ether oxygens (including phenoxy) is 2. The Morgan fingerprint density at radius 3 is 2.38 bits per heavy atom. The zero-order valence-electron chi connectivity index (χ0n) is 18.0. The molecule has 1 heterocycles. The van der Waals surface area contributed by atoms with Crippen LogP contribution in [0.25, 0.3) is 0 Å². The van der Waals surface area contributed by atoms with E-state index in [2.05, 4.69) is 5.32 Å². The lowest BCUT2D eigenvalue weighted by Gasteiger charge is -2.29. The van der Waals surface area contributed by atoms with Crippen LogP contribution in [0.15, 0.2) is 47.4 Å². The van der Waals surface area contributed by atoms with Gasteiger partial charge in [0.15, 0.2) is 0 Å². The van der Waals surface area contributed by atoms with Crippen LogP contribution in [0.3, 0.4) is 0 Å². The van der Waals surface area contributed by atoms with Crippen LogP contribution >= 0.6 is 11.6 Å². The first-order valence-corrected chi connectivity index (χ1v) is 12.5. The minimum absolute atomic E-state index is 0.113. The highest BCUT2D eigenvalue weighted by atomic mass is 35.5. The maximum absolute atomic E-state index is 13.6. The lowest BCUT2D eigenvalue weighted by molar-refractivity contribution is -0.121. The van der Waals surface area contributed by atoms with Crippen molar-refractivity contribution in [3.05, 3.63) is 53.1 Å². The second-order valence-corrected chi connectivity index (χ2v) is 10.5. The van der Waals surface area contributed by atoms with Crippen molar-refractivity contribution in [2.75, 3.05) is 38.7 Å². The Balaban J connectivity index is 1.66. The highest BCUT2D eigenvalue weighted by Gasteiger charge is 2.43. The molecule has 0 spiro atoms. The third kappa shape index (κ3) is 4.37. The van der Waals surface area contributed by atoms with Crippen molar-refractivity contribution < 1.29 is 22.7 Å². The average molecular weight is 479 g/mol. The number of benzene rings is 2. The molecule has 2 aromatic rings. The number of hydrogen-bond donors (Lipinski definition) is 1. The van der Waals surface area contributed by atoms with Crippen LogP contribution in [0, 0.1) is 0 Å². The number of nitrogens with zero attached hydrogens (tertiary/aromatic N) is 1. The van der Waals surface area contributed by atoms with Crippen LogP contribution in [0.5, 0.6) is 5.75 Å². The average Bonchev–Trinajstić information content (AvgIpc) is 3.31. The summed E-state index contributed by atoms with van der Waals surface area (Å²) in [6.07, 6.45) is 3.32. The Morgan fingerprint density at radius 1 is 1.09 bits per heavy atom. The molecule has 2 aliphatic rings. The van der Waals surface area contributed by atoms with Crippen LogP contribution in [0.1, 0.15) is 31.2 Å². The number of amides is 1. The number of methoxy groups -OCH3 is 1. The Bertz CT molecular complexity index is 1080. The first-order chi connectivity index (χ1) is 15.4. The highest BCUT2D eigenvalue weighted by molar-refractivity contribution is 7.89. The van der Waals surface area contributed by atoms with Gasteiger partial charge in [-0.25, -0.2) is 8.42 Å². The summed E-state index contributed by atoms with van der Waals surface area (Å²) in [6.45, 7) is 1.33. The van der Waals surface area contributed by atoms with Crippen LogP contribution in [0.2, 0.25) is 5.02 Å². The van der Waals surface area contributed by atoms with E-state index in [0.29, 0.717) is 55.6 Å². The van der Waals surface area contributed by atoms with E-state index in [1.54, 1.807) is 18.2 Å². The largest absolute Gasteiger partial charge is 0.495 e. The van der Waals surface area contributed by atoms with Gasteiger partial charge in [-0.3, -0.25) is 4.79 Å². The van der Waals surface area contributed by atoms with Crippen LogP contribution in [-0.2, 0) is 25.0 Å². The zero-order valence-corrected chi connectivity index (χ0v) is 19.5. The number of morpholine rings is 1. The summed E-state index contributed by atoms with van der Waals surface area (Å²) in [5, 5.41) is 3.58. The minimum Gasteiger partial charge on any atom is -0.495 e. The number of carbonyl (C=O) groups is 1. The molecule has 0 radical (unpaired) electrons. The molecule has 2 fully saturated rings. The number of anilines is 1. The van der Waals surface area contributed by atoms with Crippen molar-refractivity contribution in [2.24, 2.45) is 0 Å². The van der Waals surface area contributed by atoms with Gasteiger partial charge in [0.25, 0.3) is 0 Å². The van der Waals surface area contributed by atoms with E-state index in [-0.39, 0.29) is 10.8 Å². The molecule has 0 unspecified atom stereocenters. The summed E-state index contributed by atoms with van der Waals surface area (Å²) >= 11 is 6.05. The van der Waals surface area contributed by atoms with E-state index in [1.165, 1.54) is 23.5 Å². The molecule has 7 nitrogen and oxygen atoms in total. The van der Waals surface area contributed by atoms with E-state index in [9.17, 15) is 13.2 Å². The van der Waals surface area contributed by atoms with Crippen molar-refractivity contribution >= 4 is 33.2 Å². The van der Waals surface area contributed by atoms with Crippen molar-refractivity contribution in [2.45, 2.75) is 36.0 Å². The van der Waals surface area contributed by atoms with Gasteiger partial charge in [-0.2, -0.15) is 4.31 Å². The minimum atomic E-state index is -3.70. The van der Waals surface area contributed by atoms with Gasteiger partial charge in [0.2, 0.25) is 15.9 Å². The molecule has 0 atom stereocenters. The third-order valence-corrected chi connectivity index (χ3v) is 8.46. The molecule has 0 bridgehead atoms. The second-order valence-electron chi connectivity index (χ2n) is 8.13. The Kier molecular flexibility index (Phi) is 6.76. The van der Waals surface area contributed by atoms with E-state index in [0.717, 1.165) is 18.4 Å². The number of hydrogen-bond acceptors (Lipinski definition) is 5. The van der Waals surface area contributed by atoms with Gasteiger partial charge in [-0.05, 0) is 48.7 Å². The SMILES string of the molecule is COc1ccc(S(=O)(=O)N2CCOCC2)cc1NC(=O)C1(c2ccc(Cl)cc2)CCCC1. The van der Waals surface area contributed by atoms with E-state index in [1.807, 2.05) is 12.1 Å². The Hall–Kier alpha value is -2.13. The Morgan fingerprint density at radius 2 is 1.75 bits per heavy atom. The molecule has 172 valence electrons. The lowest BCUT2D eigenvalue weighted by atomic mass is 9.78. The quantitative estimate of drug-likeness (QED) is 0.682. The molecule has 9 heteroatoms. The summed E-state index contributed by atoms with van der Waals surface area (Å²) < 4.78 is 38.3. The molecular weight excluding hydrogens is 452 g/mol. The summed E-state index contributed by atoms with van der Waals surface area (Å²) in [5.74, 6) is 0.236. The number of carbonyl (C=O) groups excluding carboxylic acids is 1. The van der Waals surface area contributed by atoms with Crippen LogP contribution in [0.4, 0.5) is 5.69 Å². The molecule has 0 aromatic heterocycles. The van der Waals surface area contributed by atoms with Crippen molar-refractivity contribution in [1.82, 2.24) is 4.31 Å². The second kappa shape index (κ2) is 9.39. The molecular formula is C23H27ClN2O5S. The number of nitrogens with one attached hydrogen (secondary N) is 1. The van der Waals surface area contributed by atoms with Gasteiger partial charge in [0.1, 0.15) is 5.75 Å². The summed E-state index contributed by atoms with van der Waals surface area (Å²) in [6, 6.07) is 11.9. The predicted octanol–water partition coefficient (Wildman–Crippen LogP) is 3.82. The summed E-state index contributed by atoms with van der Waals surface area (Å²) in [5.41, 5.74) is 0.564. The molecule has 1 aliphatic heterocycles. The maximum atomic E-state index is 13.6. The van der Waals surface area contributed by atoms with Gasteiger partial charge >= 0.3 is 0 Å². The zero-order chi connectivity index (χ0) is 22.8. The molecule has 32 heavy (non-hydrogen) atoms. The maximum Gasteiger partial charge on any atom is 0.243 e. The standard InChI is InChI=1S/C23H27ClN2O5S/c1-30-21-9-8-19(32(28,29)26-12-14-31-15-13-26)16-20(21)25-22(27)23(10-2-3-11-23)17-4-6-18(24)7-5-17/h4-9,16H,2-3,10-15H2,1H3,(H,25,27). The third-order valence-electron chi connectivity index (χ3n) is 6.32. The van der Waals surface area contributed by atoms with Crippen molar-refractivity contribution in [3.8, 4) is 5.75 Å². The highest BCUT2D eigenvalue weighted by Crippen LogP contribution is 2.43. The van der Waals surface area contributed by atoms with E-state index < -0.39 is 15.4 Å². The van der Waals surface area contributed by atoms with E-state index in [4.69, 9.17) is 21.1 Å². The first-order valence-electron chi connectivity index (χ1n) is 10.7. The normalized spacial score (nSPS) is 18.9. The van der Waals surface area contributed by atoms with Crippen molar-refractivity contribution in [3.63, 3.8) is 0 Å². The van der Waals surface area contributed by atoms with Crippen LogP contribution in [-0.4, -0.2) is 52.0 Å². The van der Waals surface area contributed by atoms with E-state index >= 15 is 0 Å².